The summed E-state index contributed by atoms with van der Waals surface area (Å²) in [5.74, 6) is -1.70. The zero-order valence-corrected chi connectivity index (χ0v) is 11.6. The molecule has 1 aromatic rings. The summed E-state index contributed by atoms with van der Waals surface area (Å²) >= 11 is 0. The Hall–Kier alpha value is -1.91. The van der Waals surface area contributed by atoms with Crippen molar-refractivity contribution in [2.24, 2.45) is 0 Å². The molecule has 0 amide bonds. The van der Waals surface area contributed by atoms with E-state index in [9.17, 15) is 9.90 Å². The molecule has 106 valence electrons. The first-order valence-electron chi connectivity index (χ1n) is 6.50. The summed E-state index contributed by atoms with van der Waals surface area (Å²) in [5, 5.41) is 10.2. The van der Waals surface area contributed by atoms with Gasteiger partial charge in [-0.2, -0.15) is 0 Å². The van der Waals surface area contributed by atoms with Gasteiger partial charge in [-0.1, -0.05) is 30.3 Å². The maximum atomic E-state index is 11.4. The van der Waals surface area contributed by atoms with Crippen molar-refractivity contribution in [2.45, 2.75) is 18.6 Å². The number of ether oxygens (including phenoxy) is 2. The van der Waals surface area contributed by atoms with E-state index in [0.717, 1.165) is 11.8 Å². The Morgan fingerprint density at radius 2 is 2.05 bits per heavy atom. The van der Waals surface area contributed by atoms with Gasteiger partial charge >= 0.3 is 0 Å². The quantitative estimate of drug-likeness (QED) is 0.662. The van der Waals surface area contributed by atoms with Crippen molar-refractivity contribution in [1.29, 1.82) is 0 Å². The van der Waals surface area contributed by atoms with Gasteiger partial charge in [-0.25, -0.2) is 0 Å². The highest BCUT2D eigenvalue weighted by atomic mass is 16.7. The molecule has 1 aliphatic carbocycles. The largest absolute Gasteiger partial charge is 0.507 e. The van der Waals surface area contributed by atoms with E-state index >= 15 is 0 Å². The number of benzene rings is 1. The molecule has 0 aliphatic heterocycles. The Kier molecular flexibility index (Phi) is 4.37. The summed E-state index contributed by atoms with van der Waals surface area (Å²) in [6.45, 7) is 2.15. The van der Waals surface area contributed by atoms with E-state index in [0.29, 0.717) is 12.2 Å². The lowest BCUT2D eigenvalue weighted by Gasteiger charge is -2.33. The van der Waals surface area contributed by atoms with Crippen molar-refractivity contribution in [3.63, 3.8) is 0 Å². The number of rotatable bonds is 5. The van der Waals surface area contributed by atoms with Crippen LogP contribution in [0.1, 0.15) is 18.4 Å². The average Bonchev–Trinajstić information content (AvgIpc) is 2.50. The lowest BCUT2D eigenvalue weighted by molar-refractivity contribution is -0.178. The van der Waals surface area contributed by atoms with Crippen LogP contribution < -0.4 is 0 Å². The lowest BCUT2D eigenvalue weighted by atomic mass is 9.85. The van der Waals surface area contributed by atoms with E-state index < -0.39 is 5.79 Å². The molecule has 20 heavy (non-hydrogen) atoms. The first-order chi connectivity index (χ1) is 9.66. The third kappa shape index (κ3) is 2.53. The Balaban J connectivity index is 2.45. The van der Waals surface area contributed by atoms with E-state index in [-0.39, 0.29) is 11.7 Å². The summed E-state index contributed by atoms with van der Waals surface area (Å²) in [6.07, 6.45) is 3.90. The van der Waals surface area contributed by atoms with E-state index in [2.05, 4.69) is 0 Å². The molecule has 2 rings (SSSR count). The third-order valence-electron chi connectivity index (χ3n) is 3.35. The molecule has 4 nitrogen and oxygen atoms in total. The van der Waals surface area contributed by atoms with Crippen molar-refractivity contribution in [3.8, 4) is 0 Å². The van der Waals surface area contributed by atoms with Gasteiger partial charge in [-0.3, -0.25) is 4.79 Å². The number of aliphatic hydroxyl groups excluding tert-OH is 1. The molecule has 2 unspecified atom stereocenters. The molecule has 4 heteroatoms. The van der Waals surface area contributed by atoms with Crippen molar-refractivity contribution < 1.29 is 19.4 Å². The van der Waals surface area contributed by atoms with Gasteiger partial charge in [0.1, 0.15) is 6.29 Å². The summed E-state index contributed by atoms with van der Waals surface area (Å²) in [6, 6.07) is 9.51. The lowest BCUT2D eigenvalue weighted by Crippen LogP contribution is -2.38. The summed E-state index contributed by atoms with van der Waals surface area (Å²) in [5.41, 5.74) is 1.43. The predicted octanol–water partition coefficient (Wildman–Crippen LogP) is 2.73. The molecule has 1 aromatic carbocycles. The predicted molar refractivity (Wildman–Crippen MR) is 75.4 cm³/mol. The van der Waals surface area contributed by atoms with Crippen molar-refractivity contribution in [2.75, 3.05) is 13.7 Å². The second kappa shape index (κ2) is 6.03. The van der Waals surface area contributed by atoms with Crippen molar-refractivity contribution >= 4 is 6.29 Å². The number of aldehydes is 1. The molecule has 0 bridgehead atoms. The molecule has 0 aromatic heterocycles. The molecule has 0 radical (unpaired) electrons. The van der Waals surface area contributed by atoms with Gasteiger partial charge in [0.15, 0.2) is 5.76 Å². The van der Waals surface area contributed by atoms with Gasteiger partial charge < -0.3 is 14.6 Å². The molecule has 0 fully saturated rings. The van der Waals surface area contributed by atoms with Crippen LogP contribution in [0.2, 0.25) is 0 Å². The number of hydrogen-bond donors (Lipinski definition) is 1. The van der Waals surface area contributed by atoms with Crippen LogP contribution in [0.15, 0.2) is 53.8 Å². The minimum atomic E-state index is -1.36. The van der Waals surface area contributed by atoms with Crippen molar-refractivity contribution in [1.82, 2.24) is 0 Å². The zero-order valence-electron chi connectivity index (χ0n) is 11.6. The highest BCUT2D eigenvalue weighted by molar-refractivity contribution is 5.78. The number of aliphatic hydroxyl groups is 1. The number of carbonyl (C=O) groups is 1. The van der Waals surface area contributed by atoms with Gasteiger partial charge in [-0.05, 0) is 24.6 Å². The van der Waals surface area contributed by atoms with Gasteiger partial charge in [0.2, 0.25) is 5.79 Å². The standard InChI is InChI=1S/C16H18O4/c1-3-20-16(19-2)10-13(11-17)14(9-15(16)18)12-7-5-4-6-8-12/h4-11,14,18H,3H2,1-2H3. The van der Waals surface area contributed by atoms with Crippen LogP contribution in [-0.4, -0.2) is 30.9 Å². The third-order valence-corrected chi connectivity index (χ3v) is 3.35. The van der Waals surface area contributed by atoms with Gasteiger partial charge in [0.25, 0.3) is 0 Å². The first kappa shape index (κ1) is 14.5. The van der Waals surface area contributed by atoms with Crippen LogP contribution in [0.25, 0.3) is 0 Å². The van der Waals surface area contributed by atoms with Gasteiger partial charge in [0.05, 0.1) is 0 Å². The molecule has 0 saturated carbocycles. The van der Waals surface area contributed by atoms with Crippen LogP contribution in [0.4, 0.5) is 0 Å². The normalized spacial score (nSPS) is 25.8. The van der Waals surface area contributed by atoms with Crippen LogP contribution in [0, 0.1) is 0 Å². The molecule has 0 spiro atoms. The number of methoxy groups -OCH3 is 1. The first-order valence-corrected chi connectivity index (χ1v) is 6.50. The fourth-order valence-electron chi connectivity index (χ4n) is 2.36. The number of carbonyl (C=O) groups excluding carboxylic acids is 1. The molecular formula is C16H18O4. The molecule has 0 saturated heterocycles. The van der Waals surface area contributed by atoms with Gasteiger partial charge in [0, 0.05) is 25.2 Å². The Morgan fingerprint density at radius 3 is 2.60 bits per heavy atom. The second-order valence-electron chi connectivity index (χ2n) is 4.51. The smallest absolute Gasteiger partial charge is 0.248 e. The van der Waals surface area contributed by atoms with Crippen LogP contribution >= 0.6 is 0 Å². The average molecular weight is 274 g/mol. The Morgan fingerprint density at radius 1 is 1.35 bits per heavy atom. The van der Waals surface area contributed by atoms with Crippen molar-refractivity contribution in [3.05, 3.63) is 59.4 Å². The molecule has 1 N–H and O–H groups in total. The highest BCUT2D eigenvalue weighted by Crippen LogP contribution is 2.37. The van der Waals surface area contributed by atoms with E-state index in [4.69, 9.17) is 9.47 Å². The van der Waals surface area contributed by atoms with Crippen LogP contribution in [-0.2, 0) is 14.3 Å². The number of hydrogen-bond acceptors (Lipinski definition) is 4. The van der Waals surface area contributed by atoms with E-state index in [1.165, 1.54) is 13.2 Å². The fourth-order valence-corrected chi connectivity index (χ4v) is 2.36. The number of allylic oxidation sites excluding steroid dienone is 2. The highest BCUT2D eigenvalue weighted by Gasteiger charge is 2.39. The topological polar surface area (TPSA) is 55.8 Å². The van der Waals surface area contributed by atoms with E-state index in [1.807, 2.05) is 30.3 Å². The van der Waals surface area contributed by atoms with Gasteiger partial charge in [-0.15, -0.1) is 0 Å². The second-order valence-corrected chi connectivity index (χ2v) is 4.51. The molecule has 2 atom stereocenters. The molecule has 0 heterocycles. The molecular weight excluding hydrogens is 256 g/mol. The maximum Gasteiger partial charge on any atom is 0.248 e. The zero-order chi connectivity index (χ0) is 14.6. The minimum Gasteiger partial charge on any atom is -0.507 e. The van der Waals surface area contributed by atoms with Crippen LogP contribution in [0.5, 0.6) is 0 Å². The Labute approximate surface area is 118 Å². The maximum absolute atomic E-state index is 11.4. The fraction of sp³-hybridized carbons (Fsp3) is 0.312. The SMILES string of the molecule is CCOC1(OC)C=C(C=O)C(c2ccccc2)C=C1O. The molecule has 1 aliphatic rings. The summed E-state index contributed by atoms with van der Waals surface area (Å²) in [7, 11) is 1.43. The monoisotopic (exact) mass is 274 g/mol. The Bertz CT molecular complexity index is 533. The van der Waals surface area contributed by atoms with E-state index in [1.54, 1.807) is 13.0 Å². The summed E-state index contributed by atoms with van der Waals surface area (Å²) in [4.78, 5) is 11.4. The minimum absolute atomic E-state index is 0.0405. The van der Waals surface area contributed by atoms with Crippen LogP contribution in [0.3, 0.4) is 0 Å². The summed E-state index contributed by atoms with van der Waals surface area (Å²) < 4.78 is 10.7.